The highest BCUT2D eigenvalue weighted by Crippen LogP contribution is 2.33. The Kier molecular flexibility index (Phi) is 6.72. The smallest absolute Gasteiger partial charge is 0.254 e. The summed E-state index contributed by atoms with van der Waals surface area (Å²) in [6.07, 6.45) is 0.441. The fourth-order valence-electron chi connectivity index (χ4n) is 4.83. The molecule has 2 aromatic rings. The van der Waals surface area contributed by atoms with Crippen molar-refractivity contribution in [3.8, 4) is 5.75 Å². The van der Waals surface area contributed by atoms with E-state index in [1.54, 1.807) is 13.2 Å². The third-order valence-corrected chi connectivity index (χ3v) is 7.10. The first-order valence-corrected chi connectivity index (χ1v) is 11.4. The molecule has 2 aliphatic rings. The van der Waals surface area contributed by atoms with Gasteiger partial charge in [0.15, 0.2) is 0 Å². The SMILES string of the molecule is COc1cccc(C(=O)N2CC3CN(CCC(=O)Nc4ccc(C)c(Cl)c4)CC3C2)c1C. The Morgan fingerprint density at radius 1 is 1.09 bits per heavy atom. The lowest BCUT2D eigenvalue weighted by Crippen LogP contribution is -2.34. The van der Waals surface area contributed by atoms with E-state index in [4.69, 9.17) is 16.3 Å². The Balaban J connectivity index is 1.26. The number of halogens is 1. The van der Waals surface area contributed by atoms with E-state index in [9.17, 15) is 9.59 Å². The van der Waals surface area contributed by atoms with Crippen LogP contribution >= 0.6 is 11.6 Å². The average Bonchev–Trinajstić information content (AvgIpc) is 3.33. The van der Waals surface area contributed by atoms with E-state index in [1.165, 1.54) is 0 Å². The van der Waals surface area contributed by atoms with Gasteiger partial charge in [0, 0.05) is 61.0 Å². The van der Waals surface area contributed by atoms with Crippen molar-refractivity contribution in [2.75, 3.05) is 45.2 Å². The fourth-order valence-corrected chi connectivity index (χ4v) is 5.01. The summed E-state index contributed by atoms with van der Waals surface area (Å²) in [4.78, 5) is 29.7. The van der Waals surface area contributed by atoms with Crippen molar-refractivity contribution in [1.82, 2.24) is 9.80 Å². The number of carbonyl (C=O) groups is 2. The van der Waals surface area contributed by atoms with Crippen LogP contribution in [0.1, 0.15) is 27.9 Å². The molecule has 0 saturated carbocycles. The molecule has 7 heteroatoms. The van der Waals surface area contributed by atoms with Gasteiger partial charge < -0.3 is 19.9 Å². The quantitative estimate of drug-likeness (QED) is 0.715. The lowest BCUT2D eigenvalue weighted by molar-refractivity contribution is -0.116. The molecule has 0 aromatic heterocycles. The molecule has 2 aromatic carbocycles. The molecule has 0 aliphatic carbocycles. The number of nitrogens with zero attached hydrogens (tertiary/aromatic N) is 2. The number of carbonyl (C=O) groups excluding carboxylic acids is 2. The Labute approximate surface area is 194 Å². The Morgan fingerprint density at radius 2 is 1.81 bits per heavy atom. The van der Waals surface area contributed by atoms with Gasteiger partial charge in [0.25, 0.3) is 5.91 Å². The third-order valence-electron chi connectivity index (χ3n) is 6.69. The molecule has 2 heterocycles. The molecule has 2 saturated heterocycles. The van der Waals surface area contributed by atoms with Crippen LogP contribution in [-0.4, -0.2) is 61.4 Å². The van der Waals surface area contributed by atoms with E-state index in [-0.39, 0.29) is 11.8 Å². The van der Waals surface area contributed by atoms with Crippen LogP contribution in [-0.2, 0) is 4.79 Å². The highest BCUT2D eigenvalue weighted by molar-refractivity contribution is 6.31. The molecule has 2 unspecified atom stereocenters. The zero-order chi connectivity index (χ0) is 22.8. The van der Waals surface area contributed by atoms with Crippen LogP contribution in [0.2, 0.25) is 5.02 Å². The van der Waals surface area contributed by atoms with Gasteiger partial charge in [0.2, 0.25) is 5.91 Å². The van der Waals surface area contributed by atoms with E-state index in [0.717, 1.165) is 55.3 Å². The maximum atomic E-state index is 13.1. The van der Waals surface area contributed by atoms with Crippen molar-refractivity contribution in [3.63, 3.8) is 0 Å². The number of rotatable bonds is 6. The van der Waals surface area contributed by atoms with Crippen LogP contribution in [0.15, 0.2) is 36.4 Å². The van der Waals surface area contributed by atoms with Gasteiger partial charge in [-0.1, -0.05) is 23.7 Å². The van der Waals surface area contributed by atoms with Gasteiger partial charge in [-0.05, 0) is 55.5 Å². The minimum Gasteiger partial charge on any atom is -0.496 e. The van der Waals surface area contributed by atoms with Crippen molar-refractivity contribution in [2.24, 2.45) is 11.8 Å². The van der Waals surface area contributed by atoms with Gasteiger partial charge in [-0.3, -0.25) is 9.59 Å². The number of ether oxygens (including phenoxy) is 1. The minimum atomic E-state index is -0.00714. The van der Waals surface area contributed by atoms with Crippen LogP contribution in [0.25, 0.3) is 0 Å². The standard InChI is InChI=1S/C25H30ClN3O3/c1-16-7-8-20(11-22(16)26)27-24(30)9-10-28-12-18-14-29(15-19(18)13-28)25(31)21-5-4-6-23(32-3)17(21)2/h4-8,11,18-19H,9-10,12-15H2,1-3H3,(H,27,30). The number of nitrogens with one attached hydrogen (secondary N) is 1. The first-order valence-electron chi connectivity index (χ1n) is 11.1. The Bertz CT molecular complexity index is 1010. The number of fused-ring (bicyclic) bond motifs is 1. The van der Waals surface area contributed by atoms with Gasteiger partial charge in [0.1, 0.15) is 5.75 Å². The van der Waals surface area contributed by atoms with Crippen LogP contribution in [0.5, 0.6) is 5.75 Å². The van der Waals surface area contributed by atoms with Crippen molar-refractivity contribution >= 4 is 29.1 Å². The van der Waals surface area contributed by atoms with E-state index in [1.807, 2.05) is 49.1 Å². The molecule has 32 heavy (non-hydrogen) atoms. The summed E-state index contributed by atoms with van der Waals surface area (Å²) in [5.41, 5.74) is 3.32. The molecule has 2 atom stereocenters. The summed E-state index contributed by atoms with van der Waals surface area (Å²) in [7, 11) is 1.63. The minimum absolute atomic E-state index is 0.00714. The number of benzene rings is 2. The molecule has 0 spiro atoms. The zero-order valence-electron chi connectivity index (χ0n) is 18.9. The maximum Gasteiger partial charge on any atom is 0.254 e. The molecule has 2 fully saturated rings. The first-order chi connectivity index (χ1) is 15.4. The number of hydrogen-bond acceptors (Lipinski definition) is 4. The molecule has 1 N–H and O–H groups in total. The summed E-state index contributed by atoms with van der Waals surface area (Å²) < 4.78 is 5.37. The lowest BCUT2D eigenvalue weighted by Gasteiger charge is -2.22. The molecule has 0 radical (unpaired) electrons. The Morgan fingerprint density at radius 3 is 2.47 bits per heavy atom. The molecule has 2 amide bonds. The lowest BCUT2D eigenvalue weighted by atomic mass is 10.0. The van der Waals surface area contributed by atoms with E-state index < -0.39 is 0 Å². The van der Waals surface area contributed by atoms with Crippen molar-refractivity contribution in [3.05, 3.63) is 58.1 Å². The highest BCUT2D eigenvalue weighted by atomic mass is 35.5. The second kappa shape index (κ2) is 9.51. The maximum absolute atomic E-state index is 13.1. The Hall–Kier alpha value is -2.57. The number of hydrogen-bond donors (Lipinski definition) is 1. The van der Waals surface area contributed by atoms with E-state index in [0.29, 0.717) is 28.8 Å². The molecule has 2 aliphatic heterocycles. The molecular formula is C25H30ClN3O3. The zero-order valence-corrected chi connectivity index (χ0v) is 19.6. The number of aryl methyl sites for hydroxylation is 1. The van der Waals surface area contributed by atoms with E-state index in [2.05, 4.69) is 10.2 Å². The highest BCUT2D eigenvalue weighted by Gasteiger charge is 2.41. The molecular weight excluding hydrogens is 426 g/mol. The largest absolute Gasteiger partial charge is 0.496 e. The number of methoxy groups -OCH3 is 1. The summed E-state index contributed by atoms with van der Waals surface area (Å²) in [6, 6.07) is 11.2. The predicted molar refractivity (Wildman–Crippen MR) is 126 cm³/mol. The van der Waals surface area contributed by atoms with Crippen LogP contribution in [0, 0.1) is 25.7 Å². The van der Waals surface area contributed by atoms with Gasteiger partial charge in [-0.2, -0.15) is 0 Å². The molecule has 6 nitrogen and oxygen atoms in total. The van der Waals surface area contributed by atoms with Gasteiger partial charge >= 0.3 is 0 Å². The van der Waals surface area contributed by atoms with E-state index >= 15 is 0 Å². The van der Waals surface area contributed by atoms with Crippen molar-refractivity contribution in [2.45, 2.75) is 20.3 Å². The second-order valence-electron chi connectivity index (χ2n) is 8.88. The topological polar surface area (TPSA) is 61.9 Å². The van der Waals surface area contributed by atoms with Gasteiger partial charge in [-0.15, -0.1) is 0 Å². The monoisotopic (exact) mass is 455 g/mol. The van der Waals surface area contributed by atoms with Crippen molar-refractivity contribution in [1.29, 1.82) is 0 Å². The fraction of sp³-hybridized carbons (Fsp3) is 0.440. The summed E-state index contributed by atoms with van der Waals surface area (Å²) in [5, 5.41) is 3.58. The normalized spacial score (nSPS) is 20.3. The molecule has 170 valence electrons. The van der Waals surface area contributed by atoms with Crippen LogP contribution in [0.4, 0.5) is 5.69 Å². The van der Waals surface area contributed by atoms with Gasteiger partial charge in [0.05, 0.1) is 7.11 Å². The molecule has 0 bridgehead atoms. The summed E-state index contributed by atoms with van der Waals surface area (Å²) >= 11 is 6.14. The van der Waals surface area contributed by atoms with Crippen LogP contribution in [0.3, 0.4) is 0 Å². The summed E-state index contributed by atoms with van der Waals surface area (Å²) in [6.45, 7) is 7.98. The van der Waals surface area contributed by atoms with Crippen molar-refractivity contribution < 1.29 is 14.3 Å². The molecule has 4 rings (SSSR count). The average molecular weight is 456 g/mol. The van der Waals surface area contributed by atoms with Crippen LogP contribution < -0.4 is 10.1 Å². The number of amides is 2. The first kappa shape index (κ1) is 22.6. The van der Waals surface area contributed by atoms with Gasteiger partial charge in [-0.25, -0.2) is 0 Å². The third kappa shape index (κ3) is 4.76. The summed E-state index contributed by atoms with van der Waals surface area (Å²) in [5.74, 6) is 1.74. The second-order valence-corrected chi connectivity index (χ2v) is 9.29. The number of anilines is 1. The number of likely N-dealkylation sites (tertiary alicyclic amines) is 2. The predicted octanol–water partition coefficient (Wildman–Crippen LogP) is 4.00.